The molecule has 1 aliphatic carbocycles. The van der Waals surface area contributed by atoms with Crippen molar-refractivity contribution in [2.75, 3.05) is 0 Å². The molecule has 0 atom stereocenters. The average Bonchev–Trinajstić information content (AvgIpc) is 3.07. The maximum absolute atomic E-state index is 13.4. The third-order valence-corrected chi connectivity index (χ3v) is 3.21. The van der Waals surface area contributed by atoms with Crippen LogP contribution in [-0.4, -0.2) is 9.55 Å². The van der Waals surface area contributed by atoms with Crippen LogP contribution < -0.4 is 11.2 Å². The molecule has 17 heavy (non-hydrogen) atoms. The minimum Gasteiger partial charge on any atom is -0.290 e. The molecule has 1 saturated carbocycles. The Morgan fingerprint density at radius 2 is 2.06 bits per heavy atom. The number of aryl methyl sites for hydroxylation is 1. The van der Waals surface area contributed by atoms with E-state index >= 15 is 0 Å². The Labute approximate surface area is 95.7 Å². The van der Waals surface area contributed by atoms with Gasteiger partial charge in [-0.25, -0.2) is 9.18 Å². The minimum atomic E-state index is -0.515. The van der Waals surface area contributed by atoms with E-state index < -0.39 is 17.1 Å². The first-order chi connectivity index (χ1) is 8.09. The van der Waals surface area contributed by atoms with Crippen molar-refractivity contribution in [1.29, 1.82) is 0 Å². The van der Waals surface area contributed by atoms with E-state index in [0.29, 0.717) is 5.52 Å². The maximum Gasteiger partial charge on any atom is 0.329 e. The standard InChI is InChI=1S/C12H11FN2O2/c1-6-8(13)4-5-9-10(6)11(16)14-12(17)15(9)7-2-3-7/h4-5,7H,2-3H2,1H3,(H,14,16,17). The van der Waals surface area contributed by atoms with Crippen molar-refractivity contribution in [1.82, 2.24) is 9.55 Å². The molecule has 5 heteroatoms. The van der Waals surface area contributed by atoms with Crippen molar-refractivity contribution in [3.8, 4) is 0 Å². The van der Waals surface area contributed by atoms with Gasteiger partial charge in [0, 0.05) is 6.04 Å². The van der Waals surface area contributed by atoms with Crippen LogP contribution in [0.1, 0.15) is 24.4 Å². The molecular weight excluding hydrogens is 223 g/mol. The van der Waals surface area contributed by atoms with Gasteiger partial charge in [-0.1, -0.05) is 0 Å². The summed E-state index contributed by atoms with van der Waals surface area (Å²) in [5.74, 6) is -0.427. The number of aromatic nitrogens is 2. The van der Waals surface area contributed by atoms with Crippen molar-refractivity contribution >= 4 is 10.9 Å². The minimum absolute atomic E-state index is 0.145. The number of rotatable bonds is 1. The zero-order valence-corrected chi connectivity index (χ0v) is 9.29. The number of aromatic amines is 1. The molecule has 1 aromatic carbocycles. The number of nitrogens with one attached hydrogen (secondary N) is 1. The number of hydrogen-bond donors (Lipinski definition) is 1. The van der Waals surface area contributed by atoms with Crippen molar-refractivity contribution in [3.63, 3.8) is 0 Å². The van der Waals surface area contributed by atoms with Crippen LogP contribution in [-0.2, 0) is 0 Å². The van der Waals surface area contributed by atoms with Gasteiger partial charge in [-0.3, -0.25) is 14.3 Å². The lowest BCUT2D eigenvalue weighted by Gasteiger charge is -2.09. The van der Waals surface area contributed by atoms with Gasteiger partial charge in [0.25, 0.3) is 5.56 Å². The predicted octanol–water partition coefficient (Wildman–Crippen LogP) is 1.47. The van der Waals surface area contributed by atoms with E-state index in [9.17, 15) is 14.0 Å². The largest absolute Gasteiger partial charge is 0.329 e. The van der Waals surface area contributed by atoms with E-state index in [1.165, 1.54) is 12.1 Å². The monoisotopic (exact) mass is 234 g/mol. The van der Waals surface area contributed by atoms with Gasteiger partial charge < -0.3 is 0 Å². The van der Waals surface area contributed by atoms with Crippen LogP contribution in [0.25, 0.3) is 10.9 Å². The molecule has 1 N–H and O–H groups in total. The van der Waals surface area contributed by atoms with Crippen LogP contribution >= 0.6 is 0 Å². The topological polar surface area (TPSA) is 54.9 Å². The summed E-state index contributed by atoms with van der Waals surface area (Å²) in [6, 6.07) is 2.95. The molecule has 0 aliphatic heterocycles. The van der Waals surface area contributed by atoms with Crippen LogP contribution in [0.15, 0.2) is 21.7 Å². The Balaban J connectivity index is 2.54. The highest BCUT2D eigenvalue weighted by Crippen LogP contribution is 2.35. The Bertz CT molecular complexity index is 726. The fourth-order valence-electron chi connectivity index (χ4n) is 2.18. The zero-order valence-electron chi connectivity index (χ0n) is 9.29. The average molecular weight is 234 g/mol. The van der Waals surface area contributed by atoms with E-state index in [1.807, 2.05) is 0 Å². The molecule has 0 radical (unpaired) electrons. The third-order valence-electron chi connectivity index (χ3n) is 3.21. The van der Waals surface area contributed by atoms with Gasteiger partial charge in [0.05, 0.1) is 10.9 Å². The quantitative estimate of drug-likeness (QED) is 0.812. The number of hydrogen-bond acceptors (Lipinski definition) is 2. The zero-order chi connectivity index (χ0) is 12.2. The maximum atomic E-state index is 13.4. The van der Waals surface area contributed by atoms with Gasteiger partial charge in [0.2, 0.25) is 0 Å². The predicted molar refractivity (Wildman–Crippen MR) is 61.8 cm³/mol. The molecule has 88 valence electrons. The van der Waals surface area contributed by atoms with Gasteiger partial charge in [-0.2, -0.15) is 0 Å². The highest BCUT2D eigenvalue weighted by Gasteiger charge is 2.27. The first kappa shape index (κ1) is 10.3. The summed E-state index contributed by atoms with van der Waals surface area (Å²) >= 11 is 0. The van der Waals surface area contributed by atoms with E-state index in [-0.39, 0.29) is 17.0 Å². The molecule has 3 rings (SSSR count). The van der Waals surface area contributed by atoms with Gasteiger partial charge in [0.15, 0.2) is 0 Å². The lowest BCUT2D eigenvalue weighted by atomic mass is 10.1. The number of H-pyrrole nitrogens is 1. The third kappa shape index (κ3) is 1.42. The number of nitrogens with zero attached hydrogens (tertiary/aromatic N) is 1. The molecule has 1 fully saturated rings. The molecule has 0 bridgehead atoms. The molecule has 1 aromatic heterocycles. The lowest BCUT2D eigenvalue weighted by Crippen LogP contribution is -2.30. The van der Waals surface area contributed by atoms with Crippen LogP contribution in [0.5, 0.6) is 0 Å². The Kier molecular flexibility index (Phi) is 1.98. The first-order valence-corrected chi connectivity index (χ1v) is 5.53. The molecule has 0 saturated heterocycles. The molecule has 1 heterocycles. The normalized spacial score (nSPS) is 15.4. The highest BCUT2D eigenvalue weighted by atomic mass is 19.1. The Hall–Kier alpha value is -1.91. The molecule has 0 unspecified atom stereocenters. The van der Waals surface area contributed by atoms with E-state index in [4.69, 9.17) is 0 Å². The van der Waals surface area contributed by atoms with Crippen LogP contribution in [0, 0.1) is 12.7 Å². The molecule has 0 spiro atoms. The summed E-state index contributed by atoms with van der Waals surface area (Å²) in [6.07, 6.45) is 1.86. The molecular formula is C12H11FN2O2. The summed E-state index contributed by atoms with van der Waals surface area (Å²) in [7, 11) is 0. The van der Waals surface area contributed by atoms with Gasteiger partial charge in [-0.05, 0) is 37.5 Å². The van der Waals surface area contributed by atoms with Crippen LogP contribution in [0.4, 0.5) is 4.39 Å². The Morgan fingerprint density at radius 1 is 1.35 bits per heavy atom. The molecule has 1 aliphatic rings. The van der Waals surface area contributed by atoms with Crippen molar-refractivity contribution in [3.05, 3.63) is 44.4 Å². The SMILES string of the molecule is Cc1c(F)ccc2c1c(=O)[nH]c(=O)n2C1CC1. The fourth-order valence-corrected chi connectivity index (χ4v) is 2.18. The van der Waals surface area contributed by atoms with E-state index in [0.717, 1.165) is 12.8 Å². The van der Waals surface area contributed by atoms with Crippen LogP contribution in [0.2, 0.25) is 0 Å². The van der Waals surface area contributed by atoms with Crippen molar-refractivity contribution in [2.45, 2.75) is 25.8 Å². The van der Waals surface area contributed by atoms with Crippen LogP contribution in [0.3, 0.4) is 0 Å². The number of fused-ring (bicyclic) bond motifs is 1. The van der Waals surface area contributed by atoms with Crippen molar-refractivity contribution in [2.24, 2.45) is 0 Å². The highest BCUT2D eigenvalue weighted by molar-refractivity contribution is 5.81. The van der Waals surface area contributed by atoms with Gasteiger partial charge in [-0.15, -0.1) is 0 Å². The van der Waals surface area contributed by atoms with Crippen molar-refractivity contribution < 1.29 is 4.39 Å². The van der Waals surface area contributed by atoms with E-state index in [1.54, 1.807) is 11.5 Å². The second-order valence-corrected chi connectivity index (χ2v) is 4.43. The second kappa shape index (κ2) is 3.29. The number of halogens is 1. The van der Waals surface area contributed by atoms with E-state index in [2.05, 4.69) is 4.98 Å². The van der Waals surface area contributed by atoms with Gasteiger partial charge in [0.1, 0.15) is 5.82 Å². The fraction of sp³-hybridized carbons (Fsp3) is 0.333. The summed E-state index contributed by atoms with van der Waals surface area (Å²) in [5, 5.41) is 0.275. The number of benzene rings is 1. The Morgan fingerprint density at radius 3 is 2.71 bits per heavy atom. The molecule has 4 nitrogen and oxygen atoms in total. The molecule has 2 aromatic rings. The summed E-state index contributed by atoms with van der Waals surface area (Å²) < 4.78 is 15.0. The first-order valence-electron chi connectivity index (χ1n) is 5.53. The summed E-state index contributed by atoms with van der Waals surface area (Å²) in [5.41, 5.74) is -0.104. The smallest absolute Gasteiger partial charge is 0.290 e. The second-order valence-electron chi connectivity index (χ2n) is 4.43. The summed E-state index contributed by atoms with van der Waals surface area (Å²) in [6.45, 7) is 1.55. The molecule has 0 amide bonds. The lowest BCUT2D eigenvalue weighted by molar-refractivity contribution is 0.619. The van der Waals surface area contributed by atoms with Gasteiger partial charge >= 0.3 is 5.69 Å². The summed E-state index contributed by atoms with van der Waals surface area (Å²) in [4.78, 5) is 25.7.